The molecule has 0 fully saturated rings. The summed E-state index contributed by atoms with van der Waals surface area (Å²) in [5.41, 5.74) is 2.04. The van der Waals surface area contributed by atoms with E-state index < -0.39 is 18.0 Å². The van der Waals surface area contributed by atoms with Crippen molar-refractivity contribution in [1.29, 1.82) is 0 Å². The fourth-order valence-electron chi connectivity index (χ4n) is 1.92. The lowest BCUT2D eigenvalue weighted by Gasteiger charge is -2.14. The van der Waals surface area contributed by atoms with E-state index in [-0.39, 0.29) is 0 Å². The van der Waals surface area contributed by atoms with Crippen molar-refractivity contribution in [2.75, 3.05) is 12.4 Å². The molecule has 2 aromatic carbocycles. The molecule has 2 rings (SSSR count). The molecular formula is C18H19NO4. The molecule has 2 aromatic rings. The van der Waals surface area contributed by atoms with Gasteiger partial charge in [0, 0.05) is 11.8 Å². The van der Waals surface area contributed by atoms with E-state index in [2.05, 4.69) is 5.32 Å². The second-order valence-corrected chi connectivity index (χ2v) is 5.13. The van der Waals surface area contributed by atoms with E-state index in [0.29, 0.717) is 17.0 Å². The van der Waals surface area contributed by atoms with Gasteiger partial charge in [-0.3, -0.25) is 4.79 Å². The second-order valence-electron chi connectivity index (χ2n) is 5.13. The van der Waals surface area contributed by atoms with Gasteiger partial charge in [-0.15, -0.1) is 0 Å². The van der Waals surface area contributed by atoms with Crippen LogP contribution in [0.3, 0.4) is 0 Å². The van der Waals surface area contributed by atoms with Crippen molar-refractivity contribution in [2.24, 2.45) is 0 Å². The van der Waals surface area contributed by atoms with Gasteiger partial charge in [0.2, 0.25) is 0 Å². The monoisotopic (exact) mass is 313 g/mol. The van der Waals surface area contributed by atoms with Crippen molar-refractivity contribution in [3.8, 4) is 5.75 Å². The first-order valence-electron chi connectivity index (χ1n) is 7.22. The maximum absolute atomic E-state index is 12.1. The number of benzene rings is 2. The molecule has 0 aliphatic carbocycles. The number of rotatable bonds is 5. The molecule has 5 heteroatoms. The molecule has 1 N–H and O–H groups in total. The molecule has 5 nitrogen and oxygen atoms in total. The Balaban J connectivity index is 1.96. The molecule has 0 unspecified atom stereocenters. The number of ether oxygens (including phenoxy) is 2. The summed E-state index contributed by atoms with van der Waals surface area (Å²) in [5, 5.41) is 2.69. The summed E-state index contributed by atoms with van der Waals surface area (Å²) >= 11 is 0. The fourth-order valence-corrected chi connectivity index (χ4v) is 1.92. The predicted octanol–water partition coefficient (Wildman–Crippen LogP) is 3.19. The highest BCUT2D eigenvalue weighted by Crippen LogP contribution is 2.17. The van der Waals surface area contributed by atoms with E-state index in [1.807, 2.05) is 19.1 Å². The Labute approximate surface area is 135 Å². The number of hydrogen-bond donors (Lipinski definition) is 1. The van der Waals surface area contributed by atoms with Crippen LogP contribution in [0.4, 0.5) is 5.69 Å². The van der Waals surface area contributed by atoms with Gasteiger partial charge in [0.15, 0.2) is 6.10 Å². The predicted molar refractivity (Wildman–Crippen MR) is 87.7 cm³/mol. The van der Waals surface area contributed by atoms with Crippen molar-refractivity contribution in [1.82, 2.24) is 0 Å². The van der Waals surface area contributed by atoms with Crippen LogP contribution < -0.4 is 10.1 Å². The van der Waals surface area contributed by atoms with E-state index in [4.69, 9.17) is 9.47 Å². The minimum Gasteiger partial charge on any atom is -0.497 e. The molecule has 0 spiro atoms. The average Bonchev–Trinajstić information content (AvgIpc) is 2.55. The van der Waals surface area contributed by atoms with Crippen LogP contribution in [0.2, 0.25) is 0 Å². The van der Waals surface area contributed by atoms with Crippen molar-refractivity contribution < 1.29 is 19.1 Å². The molecule has 120 valence electrons. The molecule has 23 heavy (non-hydrogen) atoms. The number of methoxy groups -OCH3 is 1. The molecular weight excluding hydrogens is 294 g/mol. The van der Waals surface area contributed by atoms with Gasteiger partial charge >= 0.3 is 5.97 Å². The van der Waals surface area contributed by atoms with E-state index in [9.17, 15) is 9.59 Å². The number of aryl methyl sites for hydroxylation is 1. The zero-order valence-corrected chi connectivity index (χ0v) is 13.3. The number of carbonyl (C=O) groups is 2. The molecule has 0 radical (unpaired) electrons. The van der Waals surface area contributed by atoms with Crippen LogP contribution in [-0.2, 0) is 9.53 Å². The highest BCUT2D eigenvalue weighted by molar-refractivity contribution is 5.97. The smallest absolute Gasteiger partial charge is 0.338 e. The summed E-state index contributed by atoms with van der Waals surface area (Å²) < 4.78 is 10.3. The molecule has 0 aromatic heterocycles. The van der Waals surface area contributed by atoms with Crippen LogP contribution in [0.1, 0.15) is 22.8 Å². The standard InChI is InChI=1S/C18H19NO4/c1-12-7-9-14(10-8-12)18(21)23-13(2)17(20)19-15-5-4-6-16(11-15)22-3/h4-11,13H,1-3H3,(H,19,20)/t13-/m0/s1. The number of hydrogen-bond acceptors (Lipinski definition) is 4. The molecule has 0 bridgehead atoms. The molecule has 1 atom stereocenters. The zero-order chi connectivity index (χ0) is 16.8. The van der Waals surface area contributed by atoms with Gasteiger partial charge in [-0.1, -0.05) is 23.8 Å². The summed E-state index contributed by atoms with van der Waals surface area (Å²) in [4.78, 5) is 24.1. The van der Waals surface area contributed by atoms with Crippen molar-refractivity contribution in [3.05, 3.63) is 59.7 Å². The molecule has 0 saturated heterocycles. The number of carbonyl (C=O) groups excluding carboxylic acids is 2. The first-order chi connectivity index (χ1) is 11.0. The maximum Gasteiger partial charge on any atom is 0.338 e. The average molecular weight is 313 g/mol. The SMILES string of the molecule is COc1cccc(NC(=O)[C@H](C)OC(=O)c2ccc(C)cc2)c1. The lowest BCUT2D eigenvalue weighted by atomic mass is 10.1. The second kappa shape index (κ2) is 7.45. The number of esters is 1. The van der Waals surface area contributed by atoms with E-state index in [1.165, 1.54) is 6.92 Å². The van der Waals surface area contributed by atoms with Crippen LogP contribution in [0, 0.1) is 6.92 Å². The van der Waals surface area contributed by atoms with Gasteiger partial charge in [0.05, 0.1) is 12.7 Å². The Morgan fingerprint density at radius 3 is 2.43 bits per heavy atom. The Morgan fingerprint density at radius 2 is 1.78 bits per heavy atom. The van der Waals surface area contributed by atoms with Gasteiger partial charge in [-0.2, -0.15) is 0 Å². The Morgan fingerprint density at radius 1 is 1.09 bits per heavy atom. The van der Waals surface area contributed by atoms with Crippen molar-refractivity contribution >= 4 is 17.6 Å². The highest BCUT2D eigenvalue weighted by Gasteiger charge is 2.19. The Hall–Kier alpha value is -2.82. The van der Waals surface area contributed by atoms with Gasteiger partial charge in [-0.05, 0) is 38.1 Å². The number of amides is 1. The Kier molecular flexibility index (Phi) is 5.36. The van der Waals surface area contributed by atoms with E-state index >= 15 is 0 Å². The maximum atomic E-state index is 12.1. The molecule has 0 heterocycles. The third-order valence-electron chi connectivity index (χ3n) is 3.28. The van der Waals surface area contributed by atoms with Gasteiger partial charge in [-0.25, -0.2) is 4.79 Å². The first kappa shape index (κ1) is 16.5. The van der Waals surface area contributed by atoms with Crippen LogP contribution in [-0.4, -0.2) is 25.1 Å². The fraction of sp³-hybridized carbons (Fsp3) is 0.222. The van der Waals surface area contributed by atoms with Crippen molar-refractivity contribution in [3.63, 3.8) is 0 Å². The van der Waals surface area contributed by atoms with Gasteiger partial charge in [0.25, 0.3) is 5.91 Å². The van der Waals surface area contributed by atoms with E-state index in [1.54, 1.807) is 43.5 Å². The third-order valence-corrected chi connectivity index (χ3v) is 3.28. The van der Waals surface area contributed by atoms with Crippen LogP contribution in [0.5, 0.6) is 5.75 Å². The Bertz CT molecular complexity index is 694. The minimum absolute atomic E-state index is 0.404. The largest absolute Gasteiger partial charge is 0.497 e. The third kappa shape index (κ3) is 4.57. The summed E-state index contributed by atoms with van der Waals surface area (Å²) in [7, 11) is 1.55. The zero-order valence-electron chi connectivity index (χ0n) is 13.3. The van der Waals surface area contributed by atoms with Crippen molar-refractivity contribution in [2.45, 2.75) is 20.0 Å². The summed E-state index contributed by atoms with van der Waals surface area (Å²) in [6.07, 6.45) is -0.907. The summed E-state index contributed by atoms with van der Waals surface area (Å²) in [5.74, 6) is -0.302. The highest BCUT2D eigenvalue weighted by atomic mass is 16.5. The topological polar surface area (TPSA) is 64.6 Å². The number of anilines is 1. The van der Waals surface area contributed by atoms with E-state index in [0.717, 1.165) is 5.56 Å². The molecule has 0 aliphatic heterocycles. The van der Waals surface area contributed by atoms with Crippen LogP contribution >= 0.6 is 0 Å². The number of nitrogens with one attached hydrogen (secondary N) is 1. The van der Waals surface area contributed by atoms with Crippen LogP contribution in [0.25, 0.3) is 0 Å². The normalized spacial score (nSPS) is 11.4. The molecule has 1 amide bonds. The summed E-state index contributed by atoms with van der Waals surface area (Å²) in [6, 6.07) is 13.9. The van der Waals surface area contributed by atoms with Gasteiger partial charge in [0.1, 0.15) is 5.75 Å². The summed E-state index contributed by atoms with van der Waals surface area (Å²) in [6.45, 7) is 3.46. The first-order valence-corrected chi connectivity index (χ1v) is 7.22. The lowest BCUT2D eigenvalue weighted by molar-refractivity contribution is -0.123. The molecule has 0 saturated carbocycles. The van der Waals surface area contributed by atoms with Gasteiger partial charge < -0.3 is 14.8 Å². The lowest BCUT2D eigenvalue weighted by Crippen LogP contribution is -2.30. The molecule has 0 aliphatic rings. The quantitative estimate of drug-likeness (QED) is 0.861. The van der Waals surface area contributed by atoms with Crippen LogP contribution in [0.15, 0.2) is 48.5 Å². The minimum atomic E-state index is -0.907.